The van der Waals surface area contributed by atoms with Gasteiger partial charge in [0.05, 0.1) is 26.9 Å². The van der Waals surface area contributed by atoms with Crippen molar-refractivity contribution in [2.24, 2.45) is 0 Å². The molecule has 2 fully saturated rings. The number of anilines is 2. The Kier molecular flexibility index (Phi) is 5.32. The van der Waals surface area contributed by atoms with Crippen LogP contribution in [0.15, 0.2) is 39.8 Å². The van der Waals surface area contributed by atoms with Crippen molar-refractivity contribution in [3.8, 4) is 22.8 Å². The second-order valence-corrected chi connectivity index (χ2v) is 10.1. The molecule has 1 aliphatic heterocycles. The van der Waals surface area contributed by atoms with Gasteiger partial charge in [0.2, 0.25) is 0 Å². The van der Waals surface area contributed by atoms with E-state index in [0.29, 0.717) is 27.8 Å². The minimum absolute atomic E-state index is 0.181. The van der Waals surface area contributed by atoms with E-state index in [4.69, 9.17) is 18.7 Å². The van der Waals surface area contributed by atoms with Crippen LogP contribution in [0.2, 0.25) is 0 Å². The van der Waals surface area contributed by atoms with Crippen molar-refractivity contribution in [2.75, 3.05) is 44.0 Å². The number of esters is 1. The normalized spacial score (nSPS) is 16.7. The van der Waals surface area contributed by atoms with Gasteiger partial charge < -0.3 is 28.4 Å². The van der Waals surface area contributed by atoms with Gasteiger partial charge in [0.25, 0.3) is 0 Å². The van der Waals surface area contributed by atoms with Gasteiger partial charge in [-0.3, -0.25) is 0 Å². The first kappa shape index (κ1) is 22.2. The van der Waals surface area contributed by atoms with Crippen LogP contribution in [-0.2, 0) is 16.6 Å². The molecule has 0 amide bonds. The summed E-state index contributed by atoms with van der Waals surface area (Å²) < 4.78 is 25.2. The third-order valence-electron chi connectivity index (χ3n) is 7.33. The highest BCUT2D eigenvalue weighted by Crippen LogP contribution is 2.59. The van der Waals surface area contributed by atoms with Crippen LogP contribution < -0.4 is 19.1 Å². The molecule has 2 aliphatic carbocycles. The standard InChI is InChI=1S/C26H27N3O5S/c1-31-20-11-15(25(30)33-3)12-21(32-2)23(20)35-28-24-18-14-26(7-8-26)19-6-5-16(29-9-4-10-29)13-17(19)22(18)34-27-24/h5-6,11-13H,4,7-10,14H2,1-3H3,(H,27,28). The average Bonchev–Trinajstić information content (AvgIpc) is 3.51. The summed E-state index contributed by atoms with van der Waals surface area (Å²) in [4.78, 5) is 15.1. The lowest BCUT2D eigenvalue weighted by molar-refractivity contribution is 0.0599. The quantitative estimate of drug-likeness (QED) is 0.358. The second kappa shape index (κ2) is 8.41. The first-order chi connectivity index (χ1) is 17.1. The van der Waals surface area contributed by atoms with Crippen molar-refractivity contribution in [3.05, 3.63) is 47.0 Å². The molecule has 2 aromatic carbocycles. The Hall–Kier alpha value is -3.33. The van der Waals surface area contributed by atoms with Gasteiger partial charge in [-0.25, -0.2) is 4.79 Å². The van der Waals surface area contributed by atoms with Crippen LogP contribution in [-0.4, -0.2) is 45.5 Å². The minimum Gasteiger partial charge on any atom is -0.495 e. The molecule has 8 nitrogen and oxygen atoms in total. The Morgan fingerprint density at radius 3 is 2.46 bits per heavy atom. The molecular weight excluding hydrogens is 466 g/mol. The van der Waals surface area contributed by atoms with E-state index < -0.39 is 5.97 Å². The van der Waals surface area contributed by atoms with Gasteiger partial charge in [0, 0.05) is 35.3 Å². The highest BCUT2D eigenvalue weighted by atomic mass is 32.2. The molecule has 3 aliphatic rings. The molecule has 2 heterocycles. The van der Waals surface area contributed by atoms with Crippen LogP contribution in [0.1, 0.15) is 40.7 Å². The predicted molar refractivity (Wildman–Crippen MR) is 134 cm³/mol. The van der Waals surface area contributed by atoms with E-state index in [0.717, 1.165) is 36.4 Å². The zero-order valence-corrected chi connectivity index (χ0v) is 20.8. The number of fused-ring (bicyclic) bond motifs is 4. The summed E-state index contributed by atoms with van der Waals surface area (Å²) in [5, 5.41) is 4.41. The Morgan fingerprint density at radius 2 is 1.86 bits per heavy atom. The molecule has 6 rings (SSSR count). The third-order valence-corrected chi connectivity index (χ3v) is 8.23. The van der Waals surface area contributed by atoms with E-state index in [1.165, 1.54) is 49.6 Å². The van der Waals surface area contributed by atoms with E-state index in [-0.39, 0.29) is 5.41 Å². The SMILES string of the molecule is COC(=O)c1cc(OC)c(SNc2noc3c2CC2(CC2)c2ccc(N4CCC4)cc2-3)c(OC)c1. The summed E-state index contributed by atoms with van der Waals surface area (Å²) in [7, 11) is 4.46. The van der Waals surface area contributed by atoms with E-state index in [2.05, 4.69) is 33.0 Å². The van der Waals surface area contributed by atoms with Crippen LogP contribution in [0.3, 0.4) is 0 Å². The fourth-order valence-electron chi connectivity index (χ4n) is 5.06. The lowest BCUT2D eigenvalue weighted by Gasteiger charge is -2.34. The molecule has 3 aromatic rings. The topological polar surface area (TPSA) is 86.1 Å². The van der Waals surface area contributed by atoms with E-state index in [1.807, 2.05) is 0 Å². The number of ether oxygens (including phenoxy) is 3. The summed E-state index contributed by atoms with van der Waals surface area (Å²) >= 11 is 1.32. The minimum atomic E-state index is -0.456. The van der Waals surface area contributed by atoms with Crippen LogP contribution >= 0.6 is 11.9 Å². The van der Waals surface area contributed by atoms with Crippen molar-refractivity contribution in [1.29, 1.82) is 0 Å². The highest BCUT2D eigenvalue weighted by molar-refractivity contribution is 8.00. The second-order valence-electron chi connectivity index (χ2n) is 9.27. The first-order valence-electron chi connectivity index (χ1n) is 11.7. The molecule has 1 aromatic heterocycles. The number of nitrogens with zero attached hydrogens (tertiary/aromatic N) is 2. The Labute approximate surface area is 208 Å². The maximum atomic E-state index is 12.0. The first-order valence-corrected chi connectivity index (χ1v) is 12.5. The zero-order valence-electron chi connectivity index (χ0n) is 20.0. The largest absolute Gasteiger partial charge is 0.495 e. The highest BCUT2D eigenvalue weighted by Gasteiger charge is 2.50. The van der Waals surface area contributed by atoms with Crippen LogP contribution in [0.4, 0.5) is 11.5 Å². The molecule has 1 N–H and O–H groups in total. The number of methoxy groups -OCH3 is 3. The van der Waals surface area contributed by atoms with Gasteiger partial charge in [0.15, 0.2) is 11.6 Å². The van der Waals surface area contributed by atoms with Gasteiger partial charge >= 0.3 is 5.97 Å². The predicted octanol–water partition coefficient (Wildman–Crippen LogP) is 5.06. The summed E-state index contributed by atoms with van der Waals surface area (Å²) in [5.41, 5.74) is 5.43. The van der Waals surface area contributed by atoms with Crippen molar-refractivity contribution in [2.45, 2.75) is 36.0 Å². The van der Waals surface area contributed by atoms with Gasteiger partial charge in [-0.1, -0.05) is 11.2 Å². The number of rotatable bonds is 7. The maximum absolute atomic E-state index is 12.0. The Morgan fingerprint density at radius 1 is 1.11 bits per heavy atom. The van der Waals surface area contributed by atoms with Crippen molar-refractivity contribution >= 4 is 29.4 Å². The van der Waals surface area contributed by atoms with E-state index >= 15 is 0 Å². The summed E-state index contributed by atoms with van der Waals surface area (Å²) in [6.45, 7) is 2.21. The van der Waals surface area contributed by atoms with Gasteiger partial charge in [-0.2, -0.15) is 0 Å². The molecule has 1 saturated carbocycles. The van der Waals surface area contributed by atoms with Crippen LogP contribution in [0.25, 0.3) is 11.3 Å². The zero-order chi connectivity index (χ0) is 24.2. The monoisotopic (exact) mass is 493 g/mol. The molecule has 0 radical (unpaired) electrons. The molecule has 0 atom stereocenters. The Bertz CT molecular complexity index is 1290. The van der Waals surface area contributed by atoms with Gasteiger partial charge in [0.1, 0.15) is 16.4 Å². The molecule has 182 valence electrons. The molecule has 1 saturated heterocycles. The summed E-state index contributed by atoms with van der Waals surface area (Å²) in [6.07, 6.45) is 4.50. The van der Waals surface area contributed by atoms with Gasteiger partial charge in [-0.05, 0) is 67.5 Å². The molecule has 35 heavy (non-hydrogen) atoms. The van der Waals surface area contributed by atoms with E-state index in [1.54, 1.807) is 26.4 Å². The van der Waals surface area contributed by atoms with E-state index in [9.17, 15) is 4.79 Å². The fraction of sp³-hybridized carbons (Fsp3) is 0.385. The number of carbonyl (C=O) groups excluding carboxylic acids is 1. The number of hydrogen-bond donors (Lipinski definition) is 1. The molecule has 1 spiro atoms. The third kappa shape index (κ3) is 3.60. The summed E-state index contributed by atoms with van der Waals surface area (Å²) in [5.74, 6) is 2.11. The van der Waals surface area contributed by atoms with Crippen molar-refractivity contribution in [3.63, 3.8) is 0 Å². The molecule has 9 heteroatoms. The molecular formula is C26H27N3O5S. The lowest BCUT2D eigenvalue weighted by atomic mass is 9.79. The number of hydrogen-bond acceptors (Lipinski definition) is 9. The van der Waals surface area contributed by atoms with Crippen molar-refractivity contribution in [1.82, 2.24) is 5.16 Å². The van der Waals surface area contributed by atoms with Gasteiger partial charge in [-0.15, -0.1) is 0 Å². The lowest BCUT2D eigenvalue weighted by Crippen LogP contribution is -2.37. The van der Waals surface area contributed by atoms with Crippen LogP contribution in [0.5, 0.6) is 11.5 Å². The Balaban J connectivity index is 1.32. The molecule has 0 unspecified atom stereocenters. The maximum Gasteiger partial charge on any atom is 0.338 e. The number of aromatic nitrogens is 1. The number of benzene rings is 2. The molecule has 0 bridgehead atoms. The van der Waals surface area contributed by atoms with Crippen molar-refractivity contribution < 1.29 is 23.5 Å². The van der Waals surface area contributed by atoms with Crippen LogP contribution in [0, 0.1) is 0 Å². The fourth-order valence-corrected chi connectivity index (χ4v) is 5.91. The number of nitrogens with one attached hydrogen (secondary N) is 1. The average molecular weight is 494 g/mol. The number of carbonyl (C=O) groups is 1. The summed E-state index contributed by atoms with van der Waals surface area (Å²) in [6, 6.07) is 10.1. The smallest absolute Gasteiger partial charge is 0.338 e.